The first kappa shape index (κ1) is 17.2. The summed E-state index contributed by atoms with van der Waals surface area (Å²) in [5, 5.41) is 7.04. The van der Waals surface area contributed by atoms with E-state index in [9.17, 15) is 4.79 Å². The SMILES string of the molecule is CC(C)Oc1cc2nc(C34COC(C3)C4)cn2cc1C(=O)Nc1ccn(C)n1. The molecule has 1 saturated carbocycles. The zero-order chi connectivity index (χ0) is 19.5. The lowest BCUT2D eigenvalue weighted by atomic mass is 9.68. The molecule has 2 bridgehead atoms. The van der Waals surface area contributed by atoms with Gasteiger partial charge in [0.1, 0.15) is 11.4 Å². The maximum atomic E-state index is 12.9. The number of carbonyl (C=O) groups excluding carboxylic acids is 1. The second kappa shape index (κ2) is 6.07. The van der Waals surface area contributed by atoms with Gasteiger partial charge >= 0.3 is 0 Å². The molecule has 6 rings (SSSR count). The normalized spacial score (nSPS) is 23.2. The van der Waals surface area contributed by atoms with Crippen LogP contribution in [0.5, 0.6) is 5.75 Å². The van der Waals surface area contributed by atoms with E-state index in [-0.39, 0.29) is 17.4 Å². The van der Waals surface area contributed by atoms with E-state index in [2.05, 4.69) is 10.4 Å². The molecule has 0 aromatic carbocycles. The third kappa shape index (κ3) is 2.75. The van der Waals surface area contributed by atoms with Crippen molar-refractivity contribution >= 4 is 17.4 Å². The second-order valence-electron chi connectivity index (χ2n) is 8.06. The van der Waals surface area contributed by atoms with E-state index in [1.807, 2.05) is 30.5 Å². The Morgan fingerprint density at radius 1 is 1.39 bits per heavy atom. The minimum atomic E-state index is -0.266. The Labute approximate surface area is 162 Å². The van der Waals surface area contributed by atoms with Crippen molar-refractivity contribution < 1.29 is 14.3 Å². The second-order valence-corrected chi connectivity index (χ2v) is 8.06. The highest BCUT2D eigenvalue weighted by atomic mass is 16.5. The highest BCUT2D eigenvalue weighted by molar-refractivity contribution is 6.05. The summed E-state index contributed by atoms with van der Waals surface area (Å²) in [5.41, 5.74) is 2.28. The summed E-state index contributed by atoms with van der Waals surface area (Å²) < 4.78 is 15.2. The number of amides is 1. The topological polar surface area (TPSA) is 82.7 Å². The molecule has 3 aliphatic rings. The van der Waals surface area contributed by atoms with Crippen molar-refractivity contribution in [2.24, 2.45) is 7.05 Å². The average Bonchev–Trinajstić information content (AvgIpc) is 3.35. The Bertz CT molecular complexity index is 1060. The number of anilines is 1. The molecule has 8 heteroatoms. The van der Waals surface area contributed by atoms with Crippen LogP contribution in [0.2, 0.25) is 0 Å². The predicted molar refractivity (Wildman–Crippen MR) is 103 cm³/mol. The van der Waals surface area contributed by atoms with Gasteiger partial charge in [-0.1, -0.05) is 0 Å². The molecule has 2 saturated heterocycles. The van der Waals surface area contributed by atoms with Crippen molar-refractivity contribution in [3.05, 3.63) is 42.0 Å². The van der Waals surface area contributed by atoms with E-state index in [0.29, 0.717) is 23.2 Å². The van der Waals surface area contributed by atoms with Gasteiger partial charge in [-0.15, -0.1) is 0 Å². The van der Waals surface area contributed by atoms with E-state index < -0.39 is 0 Å². The number of pyridine rings is 1. The minimum absolute atomic E-state index is 0.0339. The lowest BCUT2D eigenvalue weighted by Gasteiger charge is -2.33. The molecular formula is C20H23N5O3. The van der Waals surface area contributed by atoms with Crippen molar-refractivity contribution in [3.63, 3.8) is 0 Å². The van der Waals surface area contributed by atoms with Gasteiger partial charge in [-0.05, 0) is 26.7 Å². The number of nitrogens with zero attached hydrogens (tertiary/aromatic N) is 4. The molecule has 1 amide bonds. The number of imidazole rings is 1. The number of nitrogens with one attached hydrogen (secondary N) is 1. The van der Waals surface area contributed by atoms with Gasteiger partial charge in [0, 0.05) is 43.2 Å². The first-order chi connectivity index (χ1) is 13.4. The average molecular weight is 381 g/mol. The summed E-state index contributed by atoms with van der Waals surface area (Å²) >= 11 is 0. The van der Waals surface area contributed by atoms with Crippen LogP contribution in [-0.2, 0) is 17.2 Å². The lowest BCUT2D eigenvalue weighted by molar-refractivity contribution is 0.102. The number of carbonyl (C=O) groups is 1. The fourth-order valence-electron chi connectivity index (χ4n) is 4.07. The molecule has 3 aromatic rings. The van der Waals surface area contributed by atoms with E-state index >= 15 is 0 Å². The van der Waals surface area contributed by atoms with Gasteiger partial charge in [-0.2, -0.15) is 5.10 Å². The largest absolute Gasteiger partial charge is 0.490 e. The summed E-state index contributed by atoms with van der Waals surface area (Å²) in [5.74, 6) is 0.745. The van der Waals surface area contributed by atoms with Crippen LogP contribution < -0.4 is 10.1 Å². The highest BCUT2D eigenvalue weighted by Crippen LogP contribution is 2.51. The number of rotatable bonds is 5. The van der Waals surface area contributed by atoms with Crippen LogP contribution in [0.4, 0.5) is 5.82 Å². The van der Waals surface area contributed by atoms with Gasteiger partial charge in [-0.3, -0.25) is 9.48 Å². The standard InChI is InChI=1S/C20H23N5O3/c1-12(2)28-15-6-18-21-16(20-7-13(8-20)27-11-20)10-25(18)9-14(15)19(26)22-17-4-5-24(3)23-17/h4-6,9-10,12-13H,7-8,11H2,1-3H3,(H,22,23,26). The molecule has 8 nitrogen and oxygen atoms in total. The van der Waals surface area contributed by atoms with Gasteiger partial charge in [0.2, 0.25) is 0 Å². The number of aromatic nitrogens is 4. The molecule has 1 N–H and O–H groups in total. The maximum absolute atomic E-state index is 12.9. The Morgan fingerprint density at radius 3 is 2.86 bits per heavy atom. The summed E-state index contributed by atoms with van der Waals surface area (Å²) in [6.07, 6.45) is 7.94. The number of ether oxygens (including phenoxy) is 2. The monoisotopic (exact) mass is 381 g/mol. The van der Waals surface area contributed by atoms with Crippen LogP contribution in [0, 0.1) is 0 Å². The molecule has 3 aromatic heterocycles. The van der Waals surface area contributed by atoms with Gasteiger partial charge in [-0.25, -0.2) is 4.98 Å². The molecule has 28 heavy (non-hydrogen) atoms. The molecule has 3 fully saturated rings. The summed E-state index contributed by atoms with van der Waals surface area (Å²) in [6, 6.07) is 3.58. The fraction of sp³-hybridized carbons (Fsp3) is 0.450. The Morgan fingerprint density at radius 2 is 2.21 bits per heavy atom. The van der Waals surface area contributed by atoms with Crippen LogP contribution >= 0.6 is 0 Å². The highest BCUT2D eigenvalue weighted by Gasteiger charge is 2.54. The van der Waals surface area contributed by atoms with E-state index in [1.54, 1.807) is 30.2 Å². The summed E-state index contributed by atoms with van der Waals surface area (Å²) in [6.45, 7) is 4.60. The van der Waals surface area contributed by atoms with Crippen LogP contribution in [-0.4, -0.2) is 43.9 Å². The molecule has 0 spiro atoms. The van der Waals surface area contributed by atoms with Crippen LogP contribution in [0.1, 0.15) is 42.7 Å². The van der Waals surface area contributed by atoms with E-state index in [4.69, 9.17) is 14.5 Å². The van der Waals surface area contributed by atoms with Crippen molar-refractivity contribution in [1.82, 2.24) is 19.2 Å². The number of hydrogen-bond donors (Lipinski definition) is 1. The van der Waals surface area contributed by atoms with Gasteiger partial charge in [0.25, 0.3) is 5.91 Å². The number of hydrogen-bond acceptors (Lipinski definition) is 5. The third-order valence-corrected chi connectivity index (χ3v) is 5.49. The number of aryl methyl sites for hydroxylation is 1. The molecule has 0 atom stereocenters. The molecule has 1 aliphatic carbocycles. The van der Waals surface area contributed by atoms with Crippen LogP contribution in [0.25, 0.3) is 5.65 Å². The Hall–Kier alpha value is -2.87. The van der Waals surface area contributed by atoms with E-state index in [0.717, 1.165) is 30.8 Å². The van der Waals surface area contributed by atoms with Gasteiger partial charge in [0.05, 0.1) is 30.1 Å². The number of fused-ring (bicyclic) bond motifs is 2. The van der Waals surface area contributed by atoms with Crippen molar-refractivity contribution in [2.75, 3.05) is 11.9 Å². The lowest BCUT2D eigenvalue weighted by Crippen LogP contribution is -2.37. The van der Waals surface area contributed by atoms with Crippen molar-refractivity contribution in [2.45, 2.75) is 44.3 Å². The summed E-state index contributed by atoms with van der Waals surface area (Å²) in [4.78, 5) is 17.7. The van der Waals surface area contributed by atoms with Crippen LogP contribution in [0.15, 0.2) is 30.7 Å². The van der Waals surface area contributed by atoms with Gasteiger partial charge in [0.15, 0.2) is 5.82 Å². The zero-order valence-corrected chi connectivity index (χ0v) is 16.2. The quantitative estimate of drug-likeness (QED) is 0.734. The first-order valence-corrected chi connectivity index (χ1v) is 9.54. The Balaban J connectivity index is 1.53. The minimum Gasteiger partial charge on any atom is -0.490 e. The summed E-state index contributed by atoms with van der Waals surface area (Å²) in [7, 11) is 1.80. The molecule has 0 unspecified atom stereocenters. The third-order valence-electron chi connectivity index (χ3n) is 5.49. The maximum Gasteiger partial charge on any atom is 0.262 e. The molecule has 146 valence electrons. The molecule has 2 aliphatic heterocycles. The van der Waals surface area contributed by atoms with Gasteiger partial charge < -0.3 is 19.2 Å². The molecule has 0 radical (unpaired) electrons. The smallest absolute Gasteiger partial charge is 0.262 e. The van der Waals surface area contributed by atoms with E-state index in [1.165, 1.54) is 0 Å². The van der Waals surface area contributed by atoms with Crippen molar-refractivity contribution in [1.29, 1.82) is 0 Å². The first-order valence-electron chi connectivity index (χ1n) is 9.54. The molecular weight excluding hydrogens is 358 g/mol. The van der Waals surface area contributed by atoms with Crippen molar-refractivity contribution in [3.8, 4) is 5.75 Å². The zero-order valence-electron chi connectivity index (χ0n) is 16.2. The Kier molecular flexibility index (Phi) is 3.74. The van der Waals surface area contributed by atoms with Crippen LogP contribution in [0.3, 0.4) is 0 Å². The fourth-order valence-corrected chi connectivity index (χ4v) is 4.07. The molecule has 5 heterocycles. The predicted octanol–water partition coefficient (Wildman–Crippen LogP) is 2.54.